The van der Waals surface area contributed by atoms with Crippen LogP contribution in [0.4, 0.5) is 4.39 Å². The second-order valence-electron chi connectivity index (χ2n) is 4.69. The average Bonchev–Trinajstić information content (AvgIpc) is 2.85. The fraction of sp³-hybridized carbons (Fsp3) is 0.125. The number of para-hydroxylation sites is 1. The van der Waals surface area contributed by atoms with Crippen LogP contribution in [0.5, 0.6) is 0 Å². The molecule has 0 saturated carbocycles. The molecule has 2 nitrogen and oxygen atoms in total. The van der Waals surface area contributed by atoms with Crippen LogP contribution in [0, 0.1) is 5.82 Å². The lowest BCUT2D eigenvalue weighted by molar-refractivity contribution is 0.283. The van der Waals surface area contributed by atoms with Gasteiger partial charge in [0.1, 0.15) is 5.82 Å². The van der Waals surface area contributed by atoms with Crippen LogP contribution in [0.1, 0.15) is 11.1 Å². The summed E-state index contributed by atoms with van der Waals surface area (Å²) in [7, 11) is 0. The van der Waals surface area contributed by atoms with Gasteiger partial charge in [0.25, 0.3) is 0 Å². The Labute approximate surface area is 124 Å². The Balaban J connectivity index is 2.06. The van der Waals surface area contributed by atoms with Gasteiger partial charge in [-0.1, -0.05) is 40.2 Å². The summed E-state index contributed by atoms with van der Waals surface area (Å²) in [6, 6.07) is 12.8. The highest BCUT2D eigenvalue weighted by molar-refractivity contribution is 9.10. The molecule has 3 aromatic rings. The van der Waals surface area contributed by atoms with E-state index >= 15 is 0 Å². The first-order valence-corrected chi connectivity index (χ1v) is 7.10. The molecule has 1 heterocycles. The molecule has 0 aliphatic carbocycles. The van der Waals surface area contributed by atoms with Gasteiger partial charge in [0, 0.05) is 21.8 Å². The van der Waals surface area contributed by atoms with Crippen molar-refractivity contribution in [3.8, 4) is 0 Å². The lowest BCUT2D eigenvalue weighted by Gasteiger charge is -2.10. The highest BCUT2D eigenvalue weighted by Gasteiger charge is 2.09. The van der Waals surface area contributed by atoms with Crippen LogP contribution in [0.25, 0.3) is 10.9 Å². The van der Waals surface area contributed by atoms with Crippen LogP contribution >= 0.6 is 15.9 Å². The van der Waals surface area contributed by atoms with Gasteiger partial charge in [-0.25, -0.2) is 4.39 Å². The van der Waals surface area contributed by atoms with E-state index in [4.69, 9.17) is 0 Å². The lowest BCUT2D eigenvalue weighted by atomic mass is 10.1. The van der Waals surface area contributed by atoms with E-state index in [1.165, 1.54) is 6.07 Å². The van der Waals surface area contributed by atoms with E-state index in [9.17, 15) is 9.50 Å². The van der Waals surface area contributed by atoms with Crippen LogP contribution in [-0.4, -0.2) is 9.67 Å². The molecule has 0 radical (unpaired) electrons. The van der Waals surface area contributed by atoms with Crippen molar-refractivity contribution >= 4 is 26.8 Å². The molecule has 0 amide bonds. The molecule has 0 spiro atoms. The third-order valence-corrected chi connectivity index (χ3v) is 3.89. The third kappa shape index (κ3) is 2.37. The van der Waals surface area contributed by atoms with Crippen LogP contribution in [0.3, 0.4) is 0 Å². The van der Waals surface area contributed by atoms with Gasteiger partial charge in [0.05, 0.1) is 18.7 Å². The summed E-state index contributed by atoms with van der Waals surface area (Å²) in [6.07, 6.45) is 1.92. The fourth-order valence-corrected chi connectivity index (χ4v) is 2.77. The van der Waals surface area contributed by atoms with Crippen molar-refractivity contribution in [2.75, 3.05) is 0 Å². The topological polar surface area (TPSA) is 25.2 Å². The zero-order valence-electron chi connectivity index (χ0n) is 10.7. The molecule has 102 valence electrons. The van der Waals surface area contributed by atoms with E-state index in [1.54, 1.807) is 6.07 Å². The number of hydrogen-bond acceptors (Lipinski definition) is 1. The van der Waals surface area contributed by atoms with E-state index in [1.807, 2.05) is 41.1 Å². The van der Waals surface area contributed by atoms with Gasteiger partial charge in [-0.15, -0.1) is 0 Å². The molecular formula is C16H13BrFNO. The summed E-state index contributed by atoms with van der Waals surface area (Å²) in [5.74, 6) is -0.234. The average molecular weight is 334 g/mol. The Morgan fingerprint density at radius 1 is 1.10 bits per heavy atom. The summed E-state index contributed by atoms with van der Waals surface area (Å²) in [4.78, 5) is 0. The van der Waals surface area contributed by atoms with Crippen molar-refractivity contribution in [1.29, 1.82) is 0 Å². The number of aliphatic hydroxyl groups is 1. The molecule has 3 rings (SSSR count). The largest absolute Gasteiger partial charge is 0.392 e. The maximum absolute atomic E-state index is 13.9. The van der Waals surface area contributed by atoms with Gasteiger partial charge < -0.3 is 9.67 Å². The Hall–Kier alpha value is -1.65. The summed E-state index contributed by atoms with van der Waals surface area (Å²) in [6.45, 7) is 0.420. The van der Waals surface area contributed by atoms with Crippen molar-refractivity contribution < 1.29 is 9.50 Å². The Morgan fingerprint density at radius 3 is 2.70 bits per heavy atom. The van der Waals surface area contributed by atoms with Crippen LogP contribution in [0.2, 0.25) is 0 Å². The number of hydrogen-bond donors (Lipinski definition) is 1. The number of aliphatic hydroxyl groups excluding tert-OH is 1. The SMILES string of the molecule is OCc1cccc2ccn(Cc3ccc(Br)cc3F)c12. The van der Waals surface area contributed by atoms with Crippen LogP contribution < -0.4 is 0 Å². The van der Waals surface area contributed by atoms with Gasteiger partial charge in [0.2, 0.25) is 0 Å². The summed E-state index contributed by atoms with van der Waals surface area (Å²) in [5.41, 5.74) is 2.43. The number of aromatic nitrogens is 1. The molecular weight excluding hydrogens is 321 g/mol. The van der Waals surface area contributed by atoms with Crippen molar-refractivity contribution in [3.63, 3.8) is 0 Å². The molecule has 0 unspecified atom stereocenters. The van der Waals surface area contributed by atoms with Crippen molar-refractivity contribution in [1.82, 2.24) is 4.57 Å². The number of nitrogens with zero attached hydrogens (tertiary/aromatic N) is 1. The number of benzene rings is 2. The quantitative estimate of drug-likeness (QED) is 0.767. The van der Waals surface area contributed by atoms with Crippen LogP contribution in [-0.2, 0) is 13.2 Å². The van der Waals surface area contributed by atoms with Crippen molar-refractivity contribution in [2.24, 2.45) is 0 Å². The molecule has 2 aromatic carbocycles. The molecule has 20 heavy (non-hydrogen) atoms. The van der Waals surface area contributed by atoms with E-state index < -0.39 is 0 Å². The maximum Gasteiger partial charge on any atom is 0.129 e. The molecule has 0 saturated heterocycles. The fourth-order valence-electron chi connectivity index (χ4n) is 2.43. The zero-order chi connectivity index (χ0) is 14.1. The summed E-state index contributed by atoms with van der Waals surface area (Å²) < 4.78 is 16.6. The van der Waals surface area contributed by atoms with Gasteiger partial charge in [-0.05, 0) is 23.6 Å². The predicted octanol–water partition coefficient (Wildman–Crippen LogP) is 4.08. The monoisotopic (exact) mass is 333 g/mol. The van der Waals surface area contributed by atoms with E-state index in [0.29, 0.717) is 12.1 Å². The molecule has 0 fully saturated rings. The van der Waals surface area contributed by atoms with E-state index in [0.717, 1.165) is 20.9 Å². The van der Waals surface area contributed by atoms with E-state index in [-0.39, 0.29) is 12.4 Å². The Kier molecular flexibility index (Phi) is 3.59. The smallest absolute Gasteiger partial charge is 0.129 e. The Bertz CT molecular complexity index is 766. The minimum absolute atomic E-state index is 0.0236. The number of halogens is 2. The maximum atomic E-state index is 13.9. The first-order valence-electron chi connectivity index (χ1n) is 6.30. The van der Waals surface area contributed by atoms with Crippen molar-refractivity contribution in [2.45, 2.75) is 13.2 Å². The zero-order valence-corrected chi connectivity index (χ0v) is 12.3. The Morgan fingerprint density at radius 2 is 1.95 bits per heavy atom. The number of fused-ring (bicyclic) bond motifs is 1. The van der Waals surface area contributed by atoms with Gasteiger partial charge in [0.15, 0.2) is 0 Å². The number of rotatable bonds is 3. The highest BCUT2D eigenvalue weighted by atomic mass is 79.9. The van der Waals surface area contributed by atoms with Crippen LogP contribution in [0.15, 0.2) is 53.1 Å². The second kappa shape index (κ2) is 5.38. The highest BCUT2D eigenvalue weighted by Crippen LogP contribution is 2.23. The minimum atomic E-state index is -0.234. The van der Waals surface area contributed by atoms with Gasteiger partial charge in [-0.2, -0.15) is 0 Å². The first-order chi connectivity index (χ1) is 9.69. The molecule has 0 aliphatic heterocycles. The van der Waals surface area contributed by atoms with Crippen molar-refractivity contribution in [3.05, 3.63) is 70.1 Å². The minimum Gasteiger partial charge on any atom is -0.392 e. The standard InChI is InChI=1S/C16H13BrFNO/c17-14-5-4-12(15(18)8-14)9-19-7-6-11-2-1-3-13(10-20)16(11)19/h1-8,20H,9-10H2. The molecule has 0 atom stereocenters. The summed E-state index contributed by atoms with van der Waals surface area (Å²) in [5, 5.41) is 10.5. The van der Waals surface area contributed by atoms with Gasteiger partial charge in [-0.3, -0.25) is 0 Å². The lowest BCUT2D eigenvalue weighted by Crippen LogP contribution is -2.02. The summed E-state index contributed by atoms with van der Waals surface area (Å²) >= 11 is 3.26. The molecule has 0 aliphatic rings. The van der Waals surface area contributed by atoms with Gasteiger partial charge >= 0.3 is 0 Å². The first kappa shape index (κ1) is 13.3. The second-order valence-corrected chi connectivity index (χ2v) is 5.61. The molecule has 1 N–H and O–H groups in total. The molecule has 1 aromatic heterocycles. The predicted molar refractivity (Wildman–Crippen MR) is 81.1 cm³/mol. The van der Waals surface area contributed by atoms with E-state index in [2.05, 4.69) is 15.9 Å². The normalized spacial score (nSPS) is 11.2. The molecule has 0 bridgehead atoms. The third-order valence-electron chi connectivity index (χ3n) is 3.40. The molecule has 4 heteroatoms.